The minimum atomic E-state index is 0.384. The largest absolute Gasteiger partial charge is 0.378 e. The Morgan fingerprint density at radius 2 is 1.90 bits per heavy atom. The van der Waals surface area contributed by atoms with E-state index in [1.54, 1.807) is 0 Å². The van der Waals surface area contributed by atoms with E-state index in [4.69, 9.17) is 9.72 Å². The standard InChI is InChI=1S/C16H25N3OS/c1-2-6-13(5-1)19-9-10-20-11-15(19)14-12-21-16(17-14)18-7-3-4-8-18/h12-13,15H,1-11H2. The van der Waals surface area contributed by atoms with Gasteiger partial charge in [0.15, 0.2) is 5.13 Å². The van der Waals surface area contributed by atoms with Crippen LogP contribution < -0.4 is 4.90 Å². The third kappa shape index (κ3) is 2.83. The SMILES string of the molecule is c1sc(N2CCCC2)nc1C1COCCN1C1CCCC1. The number of nitrogens with zero attached hydrogens (tertiary/aromatic N) is 3. The maximum absolute atomic E-state index is 5.77. The fourth-order valence-corrected chi connectivity index (χ4v) is 4.95. The van der Waals surface area contributed by atoms with Crippen molar-refractivity contribution in [2.24, 2.45) is 0 Å². The third-order valence-corrected chi connectivity index (χ3v) is 6.11. The van der Waals surface area contributed by atoms with Crippen molar-refractivity contribution in [2.75, 3.05) is 37.7 Å². The molecule has 116 valence electrons. The molecule has 1 aliphatic carbocycles. The summed E-state index contributed by atoms with van der Waals surface area (Å²) < 4.78 is 5.77. The van der Waals surface area contributed by atoms with Crippen LogP contribution in [0, 0.1) is 0 Å². The quantitative estimate of drug-likeness (QED) is 0.858. The Hall–Kier alpha value is -0.650. The lowest BCUT2D eigenvalue weighted by atomic mass is 10.1. The summed E-state index contributed by atoms with van der Waals surface area (Å²) >= 11 is 1.82. The van der Waals surface area contributed by atoms with Gasteiger partial charge in [0.25, 0.3) is 0 Å². The van der Waals surface area contributed by atoms with Gasteiger partial charge in [0, 0.05) is 31.1 Å². The molecular weight excluding hydrogens is 282 g/mol. The summed E-state index contributed by atoms with van der Waals surface area (Å²) in [6, 6.07) is 1.14. The Labute approximate surface area is 131 Å². The fraction of sp³-hybridized carbons (Fsp3) is 0.812. The summed E-state index contributed by atoms with van der Waals surface area (Å²) in [6.45, 7) is 5.14. The van der Waals surface area contributed by atoms with E-state index in [2.05, 4.69) is 15.2 Å². The van der Waals surface area contributed by atoms with E-state index in [9.17, 15) is 0 Å². The van der Waals surface area contributed by atoms with Gasteiger partial charge < -0.3 is 9.64 Å². The first kappa shape index (κ1) is 14.0. The van der Waals surface area contributed by atoms with Gasteiger partial charge in [-0.3, -0.25) is 4.90 Å². The van der Waals surface area contributed by atoms with Gasteiger partial charge >= 0.3 is 0 Å². The molecule has 4 nitrogen and oxygen atoms in total. The van der Waals surface area contributed by atoms with E-state index in [1.165, 1.54) is 62.4 Å². The van der Waals surface area contributed by atoms with Gasteiger partial charge in [0.05, 0.1) is 24.9 Å². The van der Waals surface area contributed by atoms with E-state index < -0.39 is 0 Å². The van der Waals surface area contributed by atoms with E-state index in [-0.39, 0.29) is 0 Å². The maximum Gasteiger partial charge on any atom is 0.185 e. The smallest absolute Gasteiger partial charge is 0.185 e. The van der Waals surface area contributed by atoms with Crippen LogP contribution in [0.25, 0.3) is 0 Å². The van der Waals surface area contributed by atoms with Crippen molar-refractivity contribution in [1.29, 1.82) is 0 Å². The van der Waals surface area contributed by atoms with Gasteiger partial charge in [0.2, 0.25) is 0 Å². The summed E-state index contributed by atoms with van der Waals surface area (Å²) in [6.07, 6.45) is 8.14. The van der Waals surface area contributed by atoms with Crippen LogP contribution in [-0.2, 0) is 4.74 Å². The lowest BCUT2D eigenvalue weighted by molar-refractivity contribution is -0.0302. The first-order chi connectivity index (χ1) is 10.4. The molecule has 0 radical (unpaired) electrons. The number of hydrogen-bond acceptors (Lipinski definition) is 5. The molecule has 0 spiro atoms. The van der Waals surface area contributed by atoms with Crippen molar-refractivity contribution >= 4 is 16.5 Å². The van der Waals surface area contributed by atoms with Crippen molar-refractivity contribution in [2.45, 2.75) is 50.6 Å². The molecule has 2 saturated heterocycles. The number of ether oxygens (including phenoxy) is 1. The molecule has 3 fully saturated rings. The van der Waals surface area contributed by atoms with Crippen molar-refractivity contribution in [3.63, 3.8) is 0 Å². The molecule has 1 unspecified atom stereocenters. The van der Waals surface area contributed by atoms with Crippen LogP contribution in [0.1, 0.15) is 50.3 Å². The van der Waals surface area contributed by atoms with Crippen LogP contribution >= 0.6 is 11.3 Å². The van der Waals surface area contributed by atoms with Crippen molar-refractivity contribution < 1.29 is 4.74 Å². The second-order valence-electron chi connectivity index (χ2n) is 6.52. The average molecular weight is 307 g/mol. The average Bonchev–Trinajstić information content (AvgIpc) is 3.27. The maximum atomic E-state index is 5.77. The first-order valence-electron chi connectivity index (χ1n) is 8.46. The second kappa shape index (κ2) is 6.23. The predicted octanol–water partition coefficient (Wildman–Crippen LogP) is 3.06. The summed E-state index contributed by atoms with van der Waals surface area (Å²) in [5, 5.41) is 3.49. The topological polar surface area (TPSA) is 28.6 Å². The summed E-state index contributed by atoms with van der Waals surface area (Å²) in [7, 11) is 0. The highest BCUT2D eigenvalue weighted by molar-refractivity contribution is 7.13. The Bertz CT molecular complexity index is 466. The monoisotopic (exact) mass is 307 g/mol. The van der Waals surface area contributed by atoms with Gasteiger partial charge in [-0.2, -0.15) is 0 Å². The molecule has 2 aliphatic heterocycles. The molecule has 0 amide bonds. The number of morpholine rings is 1. The van der Waals surface area contributed by atoms with Crippen molar-refractivity contribution in [3.8, 4) is 0 Å². The molecule has 1 aromatic heterocycles. The Morgan fingerprint density at radius 3 is 2.71 bits per heavy atom. The molecule has 1 aromatic rings. The summed E-state index contributed by atoms with van der Waals surface area (Å²) in [5.74, 6) is 0. The third-order valence-electron chi connectivity index (χ3n) is 5.19. The van der Waals surface area contributed by atoms with Gasteiger partial charge in [-0.15, -0.1) is 11.3 Å². The zero-order chi connectivity index (χ0) is 14.1. The van der Waals surface area contributed by atoms with E-state index in [0.717, 1.165) is 25.8 Å². The molecule has 21 heavy (non-hydrogen) atoms. The molecule has 0 bridgehead atoms. The highest BCUT2D eigenvalue weighted by atomic mass is 32.1. The molecule has 0 aromatic carbocycles. The van der Waals surface area contributed by atoms with E-state index in [1.807, 2.05) is 11.3 Å². The van der Waals surface area contributed by atoms with Crippen molar-refractivity contribution in [1.82, 2.24) is 9.88 Å². The summed E-state index contributed by atoms with van der Waals surface area (Å²) in [4.78, 5) is 10.1. The van der Waals surface area contributed by atoms with Gasteiger partial charge in [-0.05, 0) is 25.7 Å². The minimum Gasteiger partial charge on any atom is -0.378 e. The van der Waals surface area contributed by atoms with Crippen LogP contribution in [0.15, 0.2) is 5.38 Å². The molecule has 1 saturated carbocycles. The lowest BCUT2D eigenvalue weighted by Crippen LogP contribution is -2.44. The second-order valence-corrected chi connectivity index (χ2v) is 7.35. The molecule has 0 N–H and O–H groups in total. The minimum absolute atomic E-state index is 0.384. The van der Waals surface area contributed by atoms with Crippen LogP contribution in [0.5, 0.6) is 0 Å². The van der Waals surface area contributed by atoms with E-state index >= 15 is 0 Å². The van der Waals surface area contributed by atoms with Crippen LogP contribution in [-0.4, -0.2) is 48.8 Å². The Balaban J connectivity index is 1.52. The molecule has 1 atom stereocenters. The zero-order valence-corrected chi connectivity index (χ0v) is 13.5. The van der Waals surface area contributed by atoms with Crippen LogP contribution in [0.2, 0.25) is 0 Å². The van der Waals surface area contributed by atoms with Crippen LogP contribution in [0.3, 0.4) is 0 Å². The number of aromatic nitrogens is 1. The first-order valence-corrected chi connectivity index (χ1v) is 9.33. The van der Waals surface area contributed by atoms with Crippen molar-refractivity contribution in [3.05, 3.63) is 11.1 Å². The predicted molar refractivity (Wildman–Crippen MR) is 86.1 cm³/mol. The van der Waals surface area contributed by atoms with Gasteiger partial charge in [-0.1, -0.05) is 12.8 Å². The fourth-order valence-electron chi connectivity index (χ4n) is 4.03. The molecular formula is C16H25N3OS. The number of anilines is 1. The van der Waals surface area contributed by atoms with Gasteiger partial charge in [-0.25, -0.2) is 4.98 Å². The lowest BCUT2D eigenvalue weighted by Gasteiger charge is -2.38. The molecule has 5 heteroatoms. The molecule has 3 heterocycles. The van der Waals surface area contributed by atoms with Gasteiger partial charge in [0.1, 0.15) is 0 Å². The number of thiazole rings is 1. The normalized spacial score (nSPS) is 28.6. The molecule has 3 aliphatic rings. The Morgan fingerprint density at radius 1 is 1.10 bits per heavy atom. The highest BCUT2D eigenvalue weighted by Gasteiger charge is 2.33. The van der Waals surface area contributed by atoms with E-state index in [0.29, 0.717) is 6.04 Å². The summed E-state index contributed by atoms with van der Waals surface area (Å²) in [5.41, 5.74) is 1.24. The Kier molecular flexibility index (Phi) is 4.14. The zero-order valence-electron chi connectivity index (χ0n) is 12.7. The highest BCUT2D eigenvalue weighted by Crippen LogP contribution is 2.35. The number of hydrogen-bond donors (Lipinski definition) is 0. The number of rotatable bonds is 3. The van der Waals surface area contributed by atoms with Crippen LogP contribution in [0.4, 0.5) is 5.13 Å². The molecule has 4 rings (SSSR count).